The zero-order valence-electron chi connectivity index (χ0n) is 13.0. The van der Waals surface area contributed by atoms with Crippen molar-refractivity contribution in [1.82, 2.24) is 15.1 Å². The molecule has 0 aliphatic carbocycles. The summed E-state index contributed by atoms with van der Waals surface area (Å²) >= 11 is 0. The van der Waals surface area contributed by atoms with Crippen molar-refractivity contribution in [3.63, 3.8) is 0 Å². The Morgan fingerprint density at radius 2 is 2.23 bits per heavy atom. The average Bonchev–Trinajstić information content (AvgIpc) is 2.92. The van der Waals surface area contributed by atoms with Crippen LogP contribution >= 0.6 is 0 Å². The number of carbonyl (C=O) groups excluding carboxylic acids is 2. The molecule has 3 rings (SSSR count). The van der Waals surface area contributed by atoms with Crippen LogP contribution in [-0.4, -0.2) is 53.8 Å². The Morgan fingerprint density at radius 3 is 2.95 bits per heavy atom. The van der Waals surface area contributed by atoms with Crippen LogP contribution in [0.4, 0.5) is 0 Å². The van der Waals surface area contributed by atoms with E-state index in [-0.39, 0.29) is 17.9 Å². The third kappa shape index (κ3) is 3.14. The van der Waals surface area contributed by atoms with Gasteiger partial charge in [0.05, 0.1) is 0 Å². The van der Waals surface area contributed by atoms with E-state index >= 15 is 0 Å². The van der Waals surface area contributed by atoms with Crippen LogP contribution in [-0.2, 0) is 11.3 Å². The largest absolute Gasteiger partial charge is 0.338 e. The first-order valence-electron chi connectivity index (χ1n) is 8.03. The molecule has 0 spiro atoms. The van der Waals surface area contributed by atoms with Gasteiger partial charge in [-0.15, -0.1) is 0 Å². The normalized spacial score (nSPS) is 22.2. The second-order valence-electron chi connectivity index (χ2n) is 6.17. The van der Waals surface area contributed by atoms with Gasteiger partial charge < -0.3 is 15.1 Å². The lowest BCUT2D eigenvalue weighted by molar-refractivity contribution is -0.128. The SMILES string of the molecule is C[C@@H]1CNCCN1C(=O)c1cccc(CN2CCCC2=O)c1. The predicted molar refractivity (Wildman–Crippen MR) is 84.5 cm³/mol. The second-order valence-corrected chi connectivity index (χ2v) is 6.17. The quantitative estimate of drug-likeness (QED) is 0.914. The first kappa shape index (κ1) is 15.0. The summed E-state index contributed by atoms with van der Waals surface area (Å²) in [7, 11) is 0. The monoisotopic (exact) mass is 301 g/mol. The number of benzene rings is 1. The van der Waals surface area contributed by atoms with Gasteiger partial charge in [-0.05, 0) is 31.0 Å². The van der Waals surface area contributed by atoms with Crippen molar-refractivity contribution in [3.05, 3.63) is 35.4 Å². The fourth-order valence-corrected chi connectivity index (χ4v) is 3.20. The minimum Gasteiger partial charge on any atom is -0.338 e. The summed E-state index contributed by atoms with van der Waals surface area (Å²) in [6, 6.07) is 7.92. The molecule has 2 heterocycles. The average molecular weight is 301 g/mol. The highest BCUT2D eigenvalue weighted by atomic mass is 16.2. The van der Waals surface area contributed by atoms with Crippen LogP contribution in [0.25, 0.3) is 0 Å². The van der Waals surface area contributed by atoms with E-state index in [1.54, 1.807) is 0 Å². The molecule has 2 aliphatic heterocycles. The van der Waals surface area contributed by atoms with E-state index in [0.29, 0.717) is 13.0 Å². The number of hydrogen-bond acceptors (Lipinski definition) is 3. The van der Waals surface area contributed by atoms with Gasteiger partial charge in [0.2, 0.25) is 5.91 Å². The van der Waals surface area contributed by atoms with E-state index in [1.165, 1.54) is 0 Å². The summed E-state index contributed by atoms with van der Waals surface area (Å²) < 4.78 is 0. The summed E-state index contributed by atoms with van der Waals surface area (Å²) in [5, 5.41) is 3.30. The molecule has 1 aromatic rings. The first-order valence-corrected chi connectivity index (χ1v) is 8.03. The van der Waals surface area contributed by atoms with Crippen LogP contribution < -0.4 is 5.32 Å². The fourth-order valence-electron chi connectivity index (χ4n) is 3.20. The molecule has 5 nitrogen and oxygen atoms in total. The molecule has 1 aromatic carbocycles. The molecule has 1 N–H and O–H groups in total. The lowest BCUT2D eigenvalue weighted by Crippen LogP contribution is -2.52. The minimum atomic E-state index is 0.0867. The molecule has 5 heteroatoms. The summed E-state index contributed by atoms with van der Waals surface area (Å²) in [5.41, 5.74) is 1.75. The Bertz CT molecular complexity index is 573. The molecular weight excluding hydrogens is 278 g/mol. The molecule has 118 valence electrons. The van der Waals surface area contributed by atoms with E-state index in [2.05, 4.69) is 12.2 Å². The maximum atomic E-state index is 12.7. The molecule has 0 radical (unpaired) electrons. The lowest BCUT2D eigenvalue weighted by Gasteiger charge is -2.34. The van der Waals surface area contributed by atoms with Gasteiger partial charge in [-0.25, -0.2) is 0 Å². The van der Waals surface area contributed by atoms with E-state index in [1.807, 2.05) is 34.1 Å². The number of carbonyl (C=O) groups is 2. The van der Waals surface area contributed by atoms with Crippen LogP contribution in [0.1, 0.15) is 35.7 Å². The number of nitrogens with zero attached hydrogens (tertiary/aromatic N) is 2. The predicted octanol–water partition coefficient (Wildman–Crippen LogP) is 1.24. The topological polar surface area (TPSA) is 52.7 Å². The highest BCUT2D eigenvalue weighted by molar-refractivity contribution is 5.94. The molecule has 2 saturated heterocycles. The van der Waals surface area contributed by atoms with Gasteiger partial charge in [0.15, 0.2) is 0 Å². The summed E-state index contributed by atoms with van der Waals surface area (Å²) in [4.78, 5) is 28.2. The summed E-state index contributed by atoms with van der Waals surface area (Å²) in [6.45, 7) is 5.93. The van der Waals surface area contributed by atoms with E-state index in [0.717, 1.165) is 43.7 Å². The molecule has 0 saturated carbocycles. The number of amides is 2. The lowest BCUT2D eigenvalue weighted by atomic mass is 10.1. The number of likely N-dealkylation sites (tertiary alicyclic amines) is 1. The van der Waals surface area contributed by atoms with E-state index < -0.39 is 0 Å². The molecule has 0 unspecified atom stereocenters. The van der Waals surface area contributed by atoms with E-state index in [9.17, 15) is 9.59 Å². The molecule has 2 amide bonds. The van der Waals surface area contributed by atoms with Crippen LogP contribution in [0.2, 0.25) is 0 Å². The molecule has 22 heavy (non-hydrogen) atoms. The van der Waals surface area contributed by atoms with Crippen LogP contribution in [0.3, 0.4) is 0 Å². The molecular formula is C17H23N3O2. The molecule has 0 bridgehead atoms. The Hall–Kier alpha value is -1.88. The van der Waals surface area contributed by atoms with Crippen molar-refractivity contribution in [3.8, 4) is 0 Å². The Labute approximate surface area is 131 Å². The third-order valence-electron chi connectivity index (χ3n) is 4.48. The van der Waals surface area contributed by atoms with Crippen LogP contribution in [0, 0.1) is 0 Å². The Kier molecular flexibility index (Phi) is 4.43. The standard InChI is InChI=1S/C17H23N3O2/c1-13-11-18-7-9-20(13)17(22)15-5-2-4-14(10-15)12-19-8-3-6-16(19)21/h2,4-5,10,13,18H,3,6-9,11-12H2,1H3/t13-/m1/s1. The van der Waals surface area contributed by atoms with Gasteiger partial charge in [0.1, 0.15) is 0 Å². The summed E-state index contributed by atoms with van der Waals surface area (Å²) in [6.07, 6.45) is 1.59. The summed E-state index contributed by atoms with van der Waals surface area (Å²) in [5.74, 6) is 0.302. The Morgan fingerprint density at radius 1 is 1.36 bits per heavy atom. The van der Waals surface area contributed by atoms with Crippen molar-refractivity contribution in [2.45, 2.75) is 32.4 Å². The van der Waals surface area contributed by atoms with Gasteiger partial charge >= 0.3 is 0 Å². The fraction of sp³-hybridized carbons (Fsp3) is 0.529. The third-order valence-corrected chi connectivity index (χ3v) is 4.48. The van der Waals surface area contributed by atoms with Crippen molar-refractivity contribution in [2.24, 2.45) is 0 Å². The second kappa shape index (κ2) is 6.48. The zero-order chi connectivity index (χ0) is 15.5. The first-order chi connectivity index (χ1) is 10.6. The zero-order valence-corrected chi connectivity index (χ0v) is 13.0. The van der Waals surface area contributed by atoms with Gasteiger partial charge in [-0.2, -0.15) is 0 Å². The van der Waals surface area contributed by atoms with Gasteiger partial charge in [-0.1, -0.05) is 12.1 Å². The van der Waals surface area contributed by atoms with Gasteiger partial charge in [0, 0.05) is 50.7 Å². The van der Waals surface area contributed by atoms with Crippen molar-refractivity contribution in [2.75, 3.05) is 26.2 Å². The molecule has 0 aromatic heterocycles. The molecule has 1 atom stereocenters. The number of nitrogens with one attached hydrogen (secondary N) is 1. The minimum absolute atomic E-state index is 0.0867. The van der Waals surface area contributed by atoms with Gasteiger partial charge in [-0.3, -0.25) is 9.59 Å². The highest BCUT2D eigenvalue weighted by Crippen LogP contribution is 2.17. The van der Waals surface area contributed by atoms with Crippen LogP contribution in [0.5, 0.6) is 0 Å². The Balaban J connectivity index is 1.72. The number of piperazine rings is 1. The van der Waals surface area contributed by atoms with Crippen molar-refractivity contribution >= 4 is 11.8 Å². The van der Waals surface area contributed by atoms with Crippen LogP contribution in [0.15, 0.2) is 24.3 Å². The van der Waals surface area contributed by atoms with Crippen molar-refractivity contribution in [1.29, 1.82) is 0 Å². The maximum absolute atomic E-state index is 12.7. The van der Waals surface area contributed by atoms with Crippen molar-refractivity contribution < 1.29 is 9.59 Å². The maximum Gasteiger partial charge on any atom is 0.254 e. The molecule has 2 fully saturated rings. The number of rotatable bonds is 3. The van der Waals surface area contributed by atoms with E-state index in [4.69, 9.17) is 0 Å². The smallest absolute Gasteiger partial charge is 0.254 e. The number of hydrogen-bond donors (Lipinski definition) is 1. The highest BCUT2D eigenvalue weighted by Gasteiger charge is 2.25. The molecule has 2 aliphatic rings. The van der Waals surface area contributed by atoms with Gasteiger partial charge in [0.25, 0.3) is 5.91 Å².